The lowest BCUT2D eigenvalue weighted by atomic mass is 10.2. The Morgan fingerprint density at radius 1 is 1.33 bits per heavy atom. The van der Waals surface area contributed by atoms with Crippen LogP contribution in [0.3, 0.4) is 0 Å². The Hall–Kier alpha value is -1.08. The molecule has 0 heterocycles. The first-order valence-electron chi connectivity index (χ1n) is 5.01. The highest BCUT2D eigenvalue weighted by Gasteiger charge is 2.14. The molecular weight excluding hydrogens is 286 g/mol. The van der Waals surface area contributed by atoms with Crippen LogP contribution >= 0.6 is 11.6 Å². The normalized spacial score (nSPS) is 13.4. The van der Waals surface area contributed by atoms with E-state index in [0.29, 0.717) is 5.69 Å². The second-order valence-electron chi connectivity index (χ2n) is 3.84. The number of halogens is 3. The molecule has 1 aromatic rings. The summed E-state index contributed by atoms with van der Waals surface area (Å²) in [7, 11) is -3.42. The van der Waals surface area contributed by atoms with E-state index in [-0.39, 0.29) is 10.7 Å². The molecule has 0 saturated carbocycles. The van der Waals surface area contributed by atoms with Crippen LogP contribution in [-0.4, -0.2) is 27.1 Å². The number of anilines is 2. The number of hydrogen-bond donors (Lipinski definition) is 2. The van der Waals surface area contributed by atoms with Crippen LogP contribution < -0.4 is 10.0 Å². The lowest BCUT2D eigenvalue weighted by Crippen LogP contribution is -2.23. The molecule has 0 fully saturated rings. The zero-order valence-corrected chi connectivity index (χ0v) is 11.3. The number of sulfonamides is 1. The largest absolute Gasteiger partial charge is 0.377 e. The summed E-state index contributed by atoms with van der Waals surface area (Å²) in [6.45, 7) is 1.33. The number of rotatable bonds is 5. The van der Waals surface area contributed by atoms with Gasteiger partial charge < -0.3 is 5.32 Å². The molecule has 0 aliphatic rings. The first-order valence-corrected chi connectivity index (χ1v) is 7.28. The van der Waals surface area contributed by atoms with Crippen LogP contribution in [-0.2, 0) is 10.0 Å². The van der Waals surface area contributed by atoms with E-state index < -0.39 is 22.5 Å². The molecule has 0 aliphatic carbocycles. The van der Waals surface area contributed by atoms with Crippen molar-refractivity contribution in [3.63, 3.8) is 0 Å². The molecule has 102 valence electrons. The number of hydrogen-bond acceptors (Lipinski definition) is 3. The van der Waals surface area contributed by atoms with Crippen molar-refractivity contribution in [2.24, 2.45) is 0 Å². The third-order valence-corrected chi connectivity index (χ3v) is 2.94. The Morgan fingerprint density at radius 2 is 1.94 bits per heavy atom. The molecule has 1 rings (SSSR count). The third kappa shape index (κ3) is 4.66. The summed E-state index contributed by atoms with van der Waals surface area (Å²) < 4.78 is 48.9. The fourth-order valence-corrected chi connectivity index (χ4v) is 2.07. The van der Waals surface area contributed by atoms with Gasteiger partial charge in [0.2, 0.25) is 10.0 Å². The molecule has 0 bridgehead atoms. The number of alkyl halides is 2. The van der Waals surface area contributed by atoms with Crippen LogP contribution in [0.15, 0.2) is 18.2 Å². The molecule has 0 aromatic heterocycles. The predicted molar refractivity (Wildman–Crippen MR) is 69.0 cm³/mol. The maximum atomic E-state index is 12.3. The average Bonchev–Trinajstić information content (AvgIpc) is 2.20. The van der Waals surface area contributed by atoms with Crippen LogP contribution in [0, 0.1) is 0 Å². The molecule has 1 unspecified atom stereocenters. The van der Waals surface area contributed by atoms with Crippen LogP contribution in [0.25, 0.3) is 0 Å². The van der Waals surface area contributed by atoms with Gasteiger partial charge in [-0.1, -0.05) is 11.6 Å². The van der Waals surface area contributed by atoms with Gasteiger partial charge in [-0.2, -0.15) is 0 Å². The molecule has 0 spiro atoms. The molecule has 0 radical (unpaired) electrons. The highest BCUT2D eigenvalue weighted by Crippen LogP contribution is 2.26. The van der Waals surface area contributed by atoms with Gasteiger partial charge in [0, 0.05) is 5.69 Å². The van der Waals surface area contributed by atoms with Gasteiger partial charge in [0.25, 0.3) is 6.43 Å². The zero-order chi connectivity index (χ0) is 13.9. The van der Waals surface area contributed by atoms with Gasteiger partial charge in [0.15, 0.2) is 0 Å². The number of nitrogens with one attached hydrogen (secondary N) is 2. The first-order chi connectivity index (χ1) is 8.19. The lowest BCUT2D eigenvalue weighted by molar-refractivity contribution is 0.131. The van der Waals surface area contributed by atoms with Crippen molar-refractivity contribution in [3.8, 4) is 0 Å². The van der Waals surface area contributed by atoms with E-state index in [4.69, 9.17) is 11.6 Å². The van der Waals surface area contributed by atoms with Crippen LogP contribution in [0.1, 0.15) is 6.92 Å². The summed E-state index contributed by atoms with van der Waals surface area (Å²) in [5.41, 5.74) is 0.598. The molecule has 8 heteroatoms. The quantitative estimate of drug-likeness (QED) is 0.879. The highest BCUT2D eigenvalue weighted by atomic mass is 35.5. The third-order valence-electron chi connectivity index (χ3n) is 2.04. The smallest absolute Gasteiger partial charge is 0.258 e. The van der Waals surface area contributed by atoms with Gasteiger partial charge in [0.05, 0.1) is 23.0 Å². The van der Waals surface area contributed by atoms with E-state index in [1.165, 1.54) is 25.1 Å². The van der Waals surface area contributed by atoms with Crippen LogP contribution in [0.2, 0.25) is 5.02 Å². The molecule has 1 atom stereocenters. The second-order valence-corrected chi connectivity index (χ2v) is 5.99. The molecule has 0 aliphatic heterocycles. The Labute approximate surface area is 109 Å². The van der Waals surface area contributed by atoms with Gasteiger partial charge in [0.1, 0.15) is 0 Å². The zero-order valence-electron chi connectivity index (χ0n) is 9.75. The average molecular weight is 299 g/mol. The van der Waals surface area contributed by atoms with Crippen LogP contribution in [0.4, 0.5) is 20.2 Å². The second kappa shape index (κ2) is 5.71. The van der Waals surface area contributed by atoms with Gasteiger partial charge in [-0.05, 0) is 25.1 Å². The molecule has 2 N–H and O–H groups in total. The Kier molecular flexibility index (Phi) is 4.75. The van der Waals surface area contributed by atoms with Gasteiger partial charge in [-0.25, -0.2) is 17.2 Å². The standard InChI is InChI=1S/C10H13ClF2N2O2S/c1-6(10(12)13)14-7-3-4-9(8(11)5-7)15-18(2,16)17/h3-6,10,14-15H,1-2H3. The summed E-state index contributed by atoms with van der Waals surface area (Å²) in [5.74, 6) is 0. The maximum Gasteiger partial charge on any atom is 0.258 e. The summed E-state index contributed by atoms with van der Waals surface area (Å²) in [4.78, 5) is 0. The van der Waals surface area contributed by atoms with Crippen molar-refractivity contribution in [1.29, 1.82) is 0 Å². The molecule has 4 nitrogen and oxygen atoms in total. The predicted octanol–water partition coefficient (Wildman–Crippen LogP) is 2.78. The van der Waals surface area contributed by atoms with Crippen LogP contribution in [0.5, 0.6) is 0 Å². The van der Waals surface area contributed by atoms with Crippen molar-refractivity contribution in [1.82, 2.24) is 0 Å². The fraction of sp³-hybridized carbons (Fsp3) is 0.400. The first kappa shape index (κ1) is 15.0. The molecular formula is C10H13ClF2N2O2S. The molecule has 0 saturated heterocycles. The lowest BCUT2D eigenvalue weighted by Gasteiger charge is -2.15. The SMILES string of the molecule is CC(Nc1ccc(NS(C)(=O)=O)c(Cl)c1)C(F)F. The summed E-state index contributed by atoms with van der Waals surface area (Å²) in [6.07, 6.45) is -1.51. The molecule has 18 heavy (non-hydrogen) atoms. The Morgan fingerprint density at radius 3 is 2.39 bits per heavy atom. The van der Waals surface area contributed by atoms with E-state index in [1.807, 2.05) is 0 Å². The molecule has 1 aromatic carbocycles. The Bertz CT molecular complexity index is 523. The number of benzene rings is 1. The van der Waals surface area contributed by atoms with Gasteiger partial charge >= 0.3 is 0 Å². The van der Waals surface area contributed by atoms with Crippen molar-refractivity contribution in [3.05, 3.63) is 23.2 Å². The highest BCUT2D eigenvalue weighted by molar-refractivity contribution is 7.92. The van der Waals surface area contributed by atoms with E-state index in [9.17, 15) is 17.2 Å². The van der Waals surface area contributed by atoms with E-state index >= 15 is 0 Å². The maximum absolute atomic E-state index is 12.3. The van der Waals surface area contributed by atoms with E-state index in [0.717, 1.165) is 6.26 Å². The Balaban J connectivity index is 2.86. The summed E-state index contributed by atoms with van der Waals surface area (Å²) in [5, 5.41) is 2.69. The molecule has 0 amide bonds. The van der Waals surface area contributed by atoms with E-state index in [2.05, 4.69) is 10.0 Å². The van der Waals surface area contributed by atoms with Crippen molar-refractivity contribution in [2.75, 3.05) is 16.3 Å². The monoisotopic (exact) mass is 298 g/mol. The summed E-state index contributed by atoms with van der Waals surface area (Å²) in [6, 6.07) is 3.24. The van der Waals surface area contributed by atoms with Gasteiger partial charge in [-0.3, -0.25) is 4.72 Å². The van der Waals surface area contributed by atoms with Crippen molar-refractivity contribution in [2.45, 2.75) is 19.4 Å². The minimum Gasteiger partial charge on any atom is -0.377 e. The van der Waals surface area contributed by atoms with Crippen molar-refractivity contribution < 1.29 is 17.2 Å². The fourth-order valence-electron chi connectivity index (χ4n) is 1.21. The van der Waals surface area contributed by atoms with Gasteiger partial charge in [-0.15, -0.1) is 0 Å². The summed E-state index contributed by atoms with van der Waals surface area (Å²) >= 11 is 5.84. The van der Waals surface area contributed by atoms with E-state index in [1.54, 1.807) is 0 Å². The van der Waals surface area contributed by atoms with Crippen molar-refractivity contribution >= 4 is 33.0 Å². The minimum absolute atomic E-state index is 0.131. The minimum atomic E-state index is -3.42. The topological polar surface area (TPSA) is 58.2 Å².